The maximum absolute atomic E-state index is 12.4. The number of rotatable bonds is 5. The van der Waals surface area contributed by atoms with Crippen LogP contribution in [-0.2, 0) is 4.79 Å². The van der Waals surface area contributed by atoms with Crippen LogP contribution in [0.3, 0.4) is 0 Å². The van der Waals surface area contributed by atoms with Gasteiger partial charge in [0.15, 0.2) is 12.4 Å². The molecular weight excluding hydrogens is 328 g/mol. The fourth-order valence-corrected chi connectivity index (χ4v) is 2.40. The molecule has 0 spiro atoms. The maximum Gasteiger partial charge on any atom is 0.264 e. The van der Waals surface area contributed by atoms with Gasteiger partial charge in [0, 0.05) is 41.9 Å². The molecule has 3 rings (SSSR count). The molecule has 6 heteroatoms. The molecule has 2 heterocycles. The van der Waals surface area contributed by atoms with E-state index in [0.29, 0.717) is 11.7 Å². The number of likely N-dealkylation sites (N-methyl/N-ethyl adjacent to an activating group) is 1. The first kappa shape index (κ1) is 17.5. The molecule has 3 aromatic rings. The maximum atomic E-state index is 12.4. The van der Waals surface area contributed by atoms with Crippen LogP contribution in [0.1, 0.15) is 11.3 Å². The highest BCUT2D eigenvalue weighted by Crippen LogP contribution is 2.23. The number of ether oxygens (including phenoxy) is 1. The van der Waals surface area contributed by atoms with Crippen molar-refractivity contribution in [2.75, 3.05) is 18.6 Å². The van der Waals surface area contributed by atoms with Gasteiger partial charge in [-0.2, -0.15) is 4.98 Å². The lowest BCUT2D eigenvalue weighted by Crippen LogP contribution is -2.31. The van der Waals surface area contributed by atoms with E-state index in [0.717, 1.165) is 22.5 Å². The summed E-state index contributed by atoms with van der Waals surface area (Å²) in [6.45, 7) is 3.68. The summed E-state index contributed by atoms with van der Waals surface area (Å²) in [5, 5.41) is 0. The van der Waals surface area contributed by atoms with Crippen LogP contribution in [0.5, 0.6) is 5.88 Å². The van der Waals surface area contributed by atoms with Gasteiger partial charge in [-0.3, -0.25) is 9.78 Å². The molecule has 0 N–H and O–H groups in total. The van der Waals surface area contributed by atoms with Gasteiger partial charge in [-0.15, -0.1) is 0 Å². The molecule has 132 valence electrons. The quantitative estimate of drug-likeness (QED) is 0.708. The van der Waals surface area contributed by atoms with Crippen molar-refractivity contribution in [2.24, 2.45) is 0 Å². The van der Waals surface area contributed by atoms with E-state index in [4.69, 9.17) is 4.74 Å². The normalized spacial score (nSPS) is 10.4. The van der Waals surface area contributed by atoms with Crippen molar-refractivity contribution >= 4 is 11.6 Å². The summed E-state index contributed by atoms with van der Waals surface area (Å²) in [5.41, 5.74) is 3.29. The molecule has 0 saturated carbocycles. The number of carbonyl (C=O) groups is 1. The van der Waals surface area contributed by atoms with Crippen LogP contribution in [0.15, 0.2) is 54.9 Å². The van der Waals surface area contributed by atoms with Crippen molar-refractivity contribution in [1.82, 2.24) is 15.0 Å². The van der Waals surface area contributed by atoms with Crippen LogP contribution in [0.2, 0.25) is 0 Å². The fourth-order valence-electron chi connectivity index (χ4n) is 2.40. The Bertz CT molecular complexity index is 898. The minimum absolute atomic E-state index is 0.0987. The number of amides is 1. The summed E-state index contributed by atoms with van der Waals surface area (Å²) in [6, 6.07) is 13.1. The standard InChI is InChI=1S/C20H20N4O2/c1-14-15(2)22-19(16-9-11-21-12-10-16)23-20(14)26-13-18(25)24(3)17-7-5-4-6-8-17/h4-12H,13H2,1-3H3. The molecule has 0 aliphatic rings. The minimum Gasteiger partial charge on any atom is -0.467 e. The molecule has 0 unspecified atom stereocenters. The molecule has 0 aliphatic heterocycles. The third kappa shape index (κ3) is 3.85. The molecule has 0 aliphatic carbocycles. The summed E-state index contributed by atoms with van der Waals surface area (Å²) in [5.74, 6) is 0.811. The van der Waals surface area contributed by atoms with E-state index >= 15 is 0 Å². The van der Waals surface area contributed by atoms with Crippen LogP contribution < -0.4 is 9.64 Å². The smallest absolute Gasteiger partial charge is 0.264 e. The zero-order valence-corrected chi connectivity index (χ0v) is 15.0. The molecule has 1 aromatic carbocycles. The Morgan fingerprint density at radius 3 is 2.42 bits per heavy atom. The second-order valence-corrected chi connectivity index (χ2v) is 5.88. The first-order valence-corrected chi connectivity index (χ1v) is 8.26. The van der Waals surface area contributed by atoms with Crippen LogP contribution in [0.4, 0.5) is 5.69 Å². The van der Waals surface area contributed by atoms with Gasteiger partial charge in [-0.05, 0) is 38.1 Å². The van der Waals surface area contributed by atoms with E-state index in [9.17, 15) is 4.79 Å². The zero-order valence-electron chi connectivity index (χ0n) is 15.0. The molecule has 0 bridgehead atoms. The fraction of sp³-hybridized carbons (Fsp3) is 0.200. The monoisotopic (exact) mass is 348 g/mol. The number of hydrogen-bond donors (Lipinski definition) is 0. The highest BCUT2D eigenvalue weighted by molar-refractivity contribution is 5.93. The van der Waals surface area contributed by atoms with Crippen molar-refractivity contribution in [3.05, 3.63) is 66.1 Å². The van der Waals surface area contributed by atoms with Crippen molar-refractivity contribution in [1.29, 1.82) is 0 Å². The van der Waals surface area contributed by atoms with Gasteiger partial charge in [0.1, 0.15) is 0 Å². The van der Waals surface area contributed by atoms with Gasteiger partial charge < -0.3 is 9.64 Å². The molecular formula is C20H20N4O2. The second-order valence-electron chi connectivity index (χ2n) is 5.88. The average molecular weight is 348 g/mol. The molecule has 26 heavy (non-hydrogen) atoms. The molecule has 0 fully saturated rings. The van der Waals surface area contributed by atoms with Crippen molar-refractivity contribution in [3.8, 4) is 17.3 Å². The number of hydrogen-bond acceptors (Lipinski definition) is 5. The second kappa shape index (κ2) is 7.74. The van der Waals surface area contributed by atoms with Gasteiger partial charge in [-0.25, -0.2) is 4.98 Å². The highest BCUT2D eigenvalue weighted by atomic mass is 16.5. The topological polar surface area (TPSA) is 68.2 Å². The molecule has 2 aromatic heterocycles. The van der Waals surface area contributed by atoms with Crippen LogP contribution in [-0.4, -0.2) is 34.5 Å². The van der Waals surface area contributed by atoms with E-state index in [1.165, 1.54) is 0 Å². The van der Waals surface area contributed by atoms with Gasteiger partial charge >= 0.3 is 0 Å². The number of aryl methyl sites for hydroxylation is 1. The van der Waals surface area contributed by atoms with Crippen molar-refractivity contribution in [2.45, 2.75) is 13.8 Å². The van der Waals surface area contributed by atoms with E-state index in [2.05, 4.69) is 15.0 Å². The summed E-state index contributed by atoms with van der Waals surface area (Å²) in [6.07, 6.45) is 3.37. The number of pyridine rings is 1. The Balaban J connectivity index is 1.77. The van der Waals surface area contributed by atoms with Crippen LogP contribution in [0.25, 0.3) is 11.4 Å². The van der Waals surface area contributed by atoms with Gasteiger partial charge in [0.25, 0.3) is 5.91 Å². The Kier molecular flexibility index (Phi) is 5.22. The van der Waals surface area contributed by atoms with E-state index < -0.39 is 0 Å². The number of nitrogens with zero attached hydrogens (tertiary/aromatic N) is 4. The largest absolute Gasteiger partial charge is 0.467 e. The SMILES string of the molecule is Cc1nc(-c2ccncc2)nc(OCC(=O)N(C)c2ccccc2)c1C. The summed E-state index contributed by atoms with van der Waals surface area (Å²) >= 11 is 0. The first-order chi connectivity index (χ1) is 12.6. The Hall–Kier alpha value is -3.28. The Labute approximate surface area is 152 Å². The Morgan fingerprint density at radius 1 is 1.04 bits per heavy atom. The summed E-state index contributed by atoms with van der Waals surface area (Å²) < 4.78 is 5.73. The lowest BCUT2D eigenvalue weighted by molar-refractivity contribution is -0.120. The van der Waals surface area contributed by atoms with Crippen LogP contribution in [0, 0.1) is 13.8 Å². The lowest BCUT2D eigenvalue weighted by atomic mass is 10.2. The summed E-state index contributed by atoms with van der Waals surface area (Å²) in [4.78, 5) is 27.0. The molecule has 0 atom stereocenters. The van der Waals surface area contributed by atoms with Crippen molar-refractivity contribution in [3.63, 3.8) is 0 Å². The predicted octanol–water partition coefficient (Wildman–Crippen LogP) is 3.20. The molecule has 1 amide bonds. The van der Waals surface area contributed by atoms with E-state index in [-0.39, 0.29) is 12.5 Å². The molecule has 0 saturated heterocycles. The van der Waals surface area contributed by atoms with E-state index in [1.807, 2.05) is 56.3 Å². The van der Waals surface area contributed by atoms with Gasteiger partial charge in [-0.1, -0.05) is 18.2 Å². The minimum atomic E-state index is -0.155. The molecule has 6 nitrogen and oxygen atoms in total. The number of para-hydroxylation sites is 1. The highest BCUT2D eigenvalue weighted by Gasteiger charge is 2.15. The first-order valence-electron chi connectivity index (χ1n) is 8.26. The van der Waals surface area contributed by atoms with Crippen LogP contribution >= 0.6 is 0 Å². The zero-order chi connectivity index (χ0) is 18.5. The lowest BCUT2D eigenvalue weighted by Gasteiger charge is -2.18. The third-order valence-corrected chi connectivity index (χ3v) is 4.13. The number of aromatic nitrogens is 3. The average Bonchev–Trinajstić information content (AvgIpc) is 2.69. The number of anilines is 1. The summed E-state index contributed by atoms with van der Waals surface area (Å²) in [7, 11) is 1.72. The van der Waals surface area contributed by atoms with E-state index in [1.54, 1.807) is 24.3 Å². The Morgan fingerprint density at radius 2 is 1.73 bits per heavy atom. The predicted molar refractivity (Wildman–Crippen MR) is 100 cm³/mol. The van der Waals surface area contributed by atoms with Crippen molar-refractivity contribution < 1.29 is 9.53 Å². The van der Waals surface area contributed by atoms with Gasteiger partial charge in [0.2, 0.25) is 5.88 Å². The molecule has 0 radical (unpaired) electrons. The third-order valence-electron chi connectivity index (χ3n) is 4.13. The number of carbonyl (C=O) groups excluding carboxylic acids is 1. The number of benzene rings is 1. The van der Waals surface area contributed by atoms with Gasteiger partial charge in [0.05, 0.1) is 0 Å².